The smallest absolute Gasteiger partial charge is 0.152 e. The Hall–Kier alpha value is -4.00. The standard InChI is InChI=1S/C21H22N6O/c1-24-27-26-21(23)16-8-11-19(22)20(13-16)25-17-5-3-4-15(12-17)14-6-9-18(28-2)10-7-14/h3-13,25,27H,1,22H2,2H3,(H2,23,26). The summed E-state index contributed by atoms with van der Waals surface area (Å²) in [6.07, 6.45) is 0. The van der Waals surface area contributed by atoms with Gasteiger partial charge in [0.05, 0.1) is 18.5 Å². The van der Waals surface area contributed by atoms with Crippen molar-refractivity contribution >= 4 is 29.6 Å². The molecule has 0 spiro atoms. The lowest BCUT2D eigenvalue weighted by Gasteiger charge is -2.13. The van der Waals surface area contributed by atoms with Crippen LogP contribution in [0.25, 0.3) is 11.1 Å². The highest BCUT2D eigenvalue weighted by Gasteiger charge is 2.06. The molecule has 3 aromatic carbocycles. The summed E-state index contributed by atoms with van der Waals surface area (Å²) in [4.78, 5) is 0. The Morgan fingerprint density at radius 1 is 1.00 bits per heavy atom. The molecule has 0 aliphatic rings. The number of nitrogens with zero attached hydrogens (tertiary/aromatic N) is 2. The number of methoxy groups -OCH3 is 1. The van der Waals surface area contributed by atoms with E-state index in [0.29, 0.717) is 11.3 Å². The largest absolute Gasteiger partial charge is 0.497 e. The molecule has 0 aliphatic carbocycles. The molecule has 142 valence electrons. The number of rotatable bonds is 7. The Bertz CT molecular complexity index is 998. The minimum Gasteiger partial charge on any atom is -0.497 e. The fraction of sp³-hybridized carbons (Fsp3) is 0.0476. The van der Waals surface area contributed by atoms with Gasteiger partial charge < -0.3 is 21.5 Å². The second-order valence-corrected chi connectivity index (χ2v) is 5.99. The maximum atomic E-state index is 6.12. The van der Waals surface area contributed by atoms with Gasteiger partial charge in [0.1, 0.15) is 5.75 Å². The molecule has 28 heavy (non-hydrogen) atoms. The molecular formula is C21H22N6O. The Kier molecular flexibility index (Phi) is 5.76. The Morgan fingerprint density at radius 3 is 2.50 bits per heavy atom. The second-order valence-electron chi connectivity index (χ2n) is 5.99. The lowest BCUT2D eigenvalue weighted by molar-refractivity contribution is 0.415. The third kappa shape index (κ3) is 4.39. The molecule has 0 bridgehead atoms. The normalized spacial score (nSPS) is 11.0. The molecular weight excluding hydrogens is 352 g/mol. The topological polar surface area (TPSA) is 110 Å². The Labute approximate surface area is 163 Å². The first-order valence-corrected chi connectivity index (χ1v) is 8.56. The maximum Gasteiger partial charge on any atom is 0.152 e. The average molecular weight is 374 g/mol. The number of ether oxygens (including phenoxy) is 1. The highest BCUT2D eigenvalue weighted by molar-refractivity contribution is 5.99. The van der Waals surface area contributed by atoms with Crippen molar-refractivity contribution < 1.29 is 4.74 Å². The molecule has 0 aromatic heterocycles. The van der Waals surface area contributed by atoms with Crippen molar-refractivity contribution in [3.63, 3.8) is 0 Å². The summed E-state index contributed by atoms with van der Waals surface area (Å²) < 4.78 is 5.22. The van der Waals surface area contributed by atoms with Gasteiger partial charge in [-0.2, -0.15) is 10.6 Å². The van der Waals surface area contributed by atoms with E-state index in [1.54, 1.807) is 19.2 Å². The second kappa shape index (κ2) is 8.59. The van der Waals surface area contributed by atoms with Crippen LogP contribution in [0.1, 0.15) is 5.56 Å². The summed E-state index contributed by atoms with van der Waals surface area (Å²) in [5.41, 5.74) is 19.5. The molecule has 3 rings (SSSR count). The highest BCUT2D eigenvalue weighted by atomic mass is 16.5. The fourth-order valence-electron chi connectivity index (χ4n) is 2.69. The first-order chi connectivity index (χ1) is 13.6. The van der Waals surface area contributed by atoms with E-state index in [1.165, 1.54) is 0 Å². The highest BCUT2D eigenvalue weighted by Crippen LogP contribution is 2.28. The van der Waals surface area contributed by atoms with Gasteiger partial charge in [0.25, 0.3) is 0 Å². The van der Waals surface area contributed by atoms with Gasteiger partial charge in [-0.05, 0) is 53.6 Å². The van der Waals surface area contributed by atoms with Crippen molar-refractivity contribution in [1.29, 1.82) is 0 Å². The van der Waals surface area contributed by atoms with Crippen molar-refractivity contribution in [2.75, 3.05) is 18.2 Å². The molecule has 0 aliphatic heterocycles. The molecule has 7 heteroatoms. The van der Waals surface area contributed by atoms with Crippen molar-refractivity contribution in [3.05, 3.63) is 72.3 Å². The summed E-state index contributed by atoms with van der Waals surface area (Å²) >= 11 is 0. The predicted octanol–water partition coefficient (Wildman–Crippen LogP) is 3.51. The van der Waals surface area contributed by atoms with Crippen LogP contribution in [0.3, 0.4) is 0 Å². The number of benzene rings is 3. The van der Waals surface area contributed by atoms with Gasteiger partial charge in [-0.15, -0.1) is 5.10 Å². The molecule has 0 heterocycles. The van der Waals surface area contributed by atoms with E-state index in [1.807, 2.05) is 48.5 Å². The lowest BCUT2D eigenvalue weighted by atomic mass is 10.0. The summed E-state index contributed by atoms with van der Waals surface area (Å²) in [5.74, 6) is 1.10. The number of amidine groups is 1. The zero-order chi connectivity index (χ0) is 19.9. The summed E-state index contributed by atoms with van der Waals surface area (Å²) in [6, 6.07) is 21.4. The quantitative estimate of drug-likeness (QED) is 0.219. The van der Waals surface area contributed by atoms with Gasteiger partial charge in [0, 0.05) is 18.0 Å². The van der Waals surface area contributed by atoms with Gasteiger partial charge in [-0.1, -0.05) is 24.3 Å². The summed E-state index contributed by atoms with van der Waals surface area (Å²) in [6.45, 7) is 3.29. The maximum absolute atomic E-state index is 6.12. The van der Waals surface area contributed by atoms with Crippen LogP contribution in [0.15, 0.2) is 76.9 Å². The zero-order valence-corrected chi connectivity index (χ0v) is 15.5. The zero-order valence-electron chi connectivity index (χ0n) is 15.5. The minimum atomic E-state index is 0.280. The molecule has 0 saturated heterocycles. The van der Waals surface area contributed by atoms with Crippen molar-refractivity contribution in [2.45, 2.75) is 0 Å². The van der Waals surface area contributed by atoms with Crippen LogP contribution in [-0.4, -0.2) is 19.7 Å². The number of nitrogens with one attached hydrogen (secondary N) is 2. The van der Waals surface area contributed by atoms with E-state index in [4.69, 9.17) is 16.2 Å². The number of anilines is 3. The summed E-state index contributed by atoms with van der Waals surface area (Å²) in [5, 5.41) is 10.7. The van der Waals surface area contributed by atoms with Crippen LogP contribution in [0.5, 0.6) is 5.75 Å². The van der Waals surface area contributed by atoms with Gasteiger partial charge in [-0.3, -0.25) is 0 Å². The molecule has 0 amide bonds. The molecule has 7 nitrogen and oxygen atoms in total. The van der Waals surface area contributed by atoms with E-state index in [-0.39, 0.29) is 5.84 Å². The summed E-state index contributed by atoms with van der Waals surface area (Å²) in [7, 11) is 1.65. The fourth-order valence-corrected chi connectivity index (χ4v) is 2.69. The molecule has 0 unspecified atom stereocenters. The molecule has 6 N–H and O–H groups in total. The third-order valence-electron chi connectivity index (χ3n) is 4.16. The first kappa shape index (κ1) is 18.8. The first-order valence-electron chi connectivity index (χ1n) is 8.56. The molecule has 0 fully saturated rings. The molecule has 3 aromatic rings. The van der Waals surface area contributed by atoms with E-state index in [2.05, 4.69) is 33.8 Å². The van der Waals surface area contributed by atoms with Crippen LogP contribution in [0.2, 0.25) is 0 Å². The van der Waals surface area contributed by atoms with Gasteiger partial charge in [0.15, 0.2) is 5.84 Å². The minimum absolute atomic E-state index is 0.280. The monoisotopic (exact) mass is 374 g/mol. The lowest BCUT2D eigenvalue weighted by Crippen LogP contribution is -2.17. The average Bonchev–Trinajstić information content (AvgIpc) is 2.74. The third-order valence-corrected chi connectivity index (χ3v) is 4.16. The van der Waals surface area contributed by atoms with Crippen molar-refractivity contribution in [3.8, 4) is 16.9 Å². The van der Waals surface area contributed by atoms with E-state index < -0.39 is 0 Å². The molecule has 0 saturated carbocycles. The number of hydrogen-bond donors (Lipinski definition) is 4. The van der Waals surface area contributed by atoms with Gasteiger partial charge in [-0.25, -0.2) is 0 Å². The van der Waals surface area contributed by atoms with E-state index in [9.17, 15) is 0 Å². The van der Waals surface area contributed by atoms with Crippen molar-refractivity contribution in [2.24, 2.45) is 15.9 Å². The van der Waals surface area contributed by atoms with Crippen LogP contribution in [0, 0.1) is 0 Å². The van der Waals surface area contributed by atoms with Gasteiger partial charge in [0.2, 0.25) is 0 Å². The molecule has 0 atom stereocenters. The predicted molar refractivity (Wildman–Crippen MR) is 116 cm³/mol. The number of nitrogen functional groups attached to an aromatic ring is 1. The Morgan fingerprint density at radius 2 is 1.79 bits per heavy atom. The van der Waals surface area contributed by atoms with Crippen LogP contribution >= 0.6 is 0 Å². The number of nitrogens with two attached hydrogens (primary N) is 2. The van der Waals surface area contributed by atoms with Gasteiger partial charge >= 0.3 is 0 Å². The van der Waals surface area contributed by atoms with Crippen LogP contribution in [0.4, 0.5) is 17.1 Å². The number of hydrazone groups is 2. The Balaban J connectivity index is 1.86. The van der Waals surface area contributed by atoms with Crippen LogP contribution < -0.4 is 27.1 Å². The van der Waals surface area contributed by atoms with E-state index in [0.717, 1.165) is 28.3 Å². The SMILES string of the molecule is C=NN/N=C(\N)c1ccc(N)c(Nc2cccc(-c3ccc(OC)cc3)c2)c1. The van der Waals surface area contributed by atoms with E-state index >= 15 is 0 Å². The number of hydrogen-bond acceptors (Lipinski definition) is 6. The van der Waals surface area contributed by atoms with Crippen LogP contribution in [-0.2, 0) is 0 Å². The van der Waals surface area contributed by atoms with Crippen molar-refractivity contribution in [1.82, 2.24) is 5.53 Å². The molecule has 0 radical (unpaired) electrons.